The molecule has 0 amide bonds. The van der Waals surface area contributed by atoms with Crippen molar-refractivity contribution in [1.82, 2.24) is 4.90 Å². The number of anilines is 1. The Morgan fingerprint density at radius 3 is 2.41 bits per heavy atom. The molecule has 3 rings (SSSR count). The van der Waals surface area contributed by atoms with Crippen molar-refractivity contribution in [1.29, 1.82) is 0 Å². The van der Waals surface area contributed by atoms with Crippen LogP contribution in [0.5, 0.6) is 11.5 Å². The van der Waals surface area contributed by atoms with Crippen LogP contribution < -0.4 is 14.4 Å². The third-order valence-electron chi connectivity index (χ3n) is 6.18. The number of carbonyl (C=O) groups excluding carboxylic acids is 1. The fourth-order valence-electron chi connectivity index (χ4n) is 4.06. The molecule has 0 fully saturated rings. The predicted molar refractivity (Wildman–Crippen MR) is 155 cm³/mol. The minimum Gasteiger partial charge on any atom is -0.493 e. The molecule has 0 bridgehead atoms. The Balaban J connectivity index is 1.85. The van der Waals surface area contributed by atoms with Crippen molar-refractivity contribution in [3.63, 3.8) is 0 Å². The number of rotatable bonds is 14. The zero-order valence-corrected chi connectivity index (χ0v) is 23.9. The molecule has 7 nitrogen and oxygen atoms in total. The average Bonchev–Trinajstić information content (AvgIpc) is 3.42. The second-order valence-corrected chi connectivity index (χ2v) is 9.92. The van der Waals surface area contributed by atoms with Crippen LogP contribution in [-0.2, 0) is 22.6 Å². The van der Waals surface area contributed by atoms with Gasteiger partial charge in [0.1, 0.15) is 5.76 Å². The molecule has 0 N–H and O–H groups in total. The maximum absolute atomic E-state index is 12.3. The molecule has 208 valence electrons. The molecule has 2 aromatic carbocycles. The standard InChI is InChI=1S/C32H40N2O5/c1-8-37-31(35)32(4,5)39-29-17-16-25(19-30(29)36-7)20-34(23-28-15-12-18-38-28)22-26(24(2)3)21-33(6)27-13-10-9-11-14-27/h9-19,21H,2,8,20,22-23H2,1,3-7H3/b26-21-. The molecular weight excluding hydrogens is 492 g/mol. The van der Waals surface area contributed by atoms with Crippen molar-refractivity contribution >= 4 is 11.7 Å². The van der Waals surface area contributed by atoms with Crippen LogP contribution in [-0.4, -0.2) is 43.8 Å². The highest BCUT2D eigenvalue weighted by atomic mass is 16.6. The molecule has 0 unspecified atom stereocenters. The largest absolute Gasteiger partial charge is 0.493 e. The van der Waals surface area contributed by atoms with E-state index in [2.05, 4.69) is 34.7 Å². The highest BCUT2D eigenvalue weighted by molar-refractivity contribution is 5.79. The van der Waals surface area contributed by atoms with E-state index in [1.54, 1.807) is 34.1 Å². The third-order valence-corrected chi connectivity index (χ3v) is 6.18. The minimum absolute atomic E-state index is 0.287. The van der Waals surface area contributed by atoms with Crippen LogP contribution in [0.1, 0.15) is 39.0 Å². The molecule has 39 heavy (non-hydrogen) atoms. The number of carbonyl (C=O) groups is 1. The second kappa shape index (κ2) is 13.7. The Bertz CT molecular complexity index is 1250. The number of nitrogens with zero attached hydrogens (tertiary/aromatic N) is 2. The Morgan fingerprint density at radius 2 is 1.79 bits per heavy atom. The Hall–Kier alpha value is -3.97. The fourth-order valence-corrected chi connectivity index (χ4v) is 4.06. The fraction of sp³-hybridized carbons (Fsp3) is 0.344. The van der Waals surface area contributed by atoms with Gasteiger partial charge in [0.05, 0.1) is 26.5 Å². The normalized spacial score (nSPS) is 11.8. The van der Waals surface area contributed by atoms with E-state index in [4.69, 9.17) is 18.6 Å². The molecule has 3 aromatic rings. The molecule has 0 radical (unpaired) electrons. The van der Waals surface area contributed by atoms with E-state index >= 15 is 0 Å². The number of benzene rings is 2. The van der Waals surface area contributed by atoms with Crippen LogP contribution in [0.25, 0.3) is 0 Å². The van der Waals surface area contributed by atoms with E-state index in [-0.39, 0.29) is 6.61 Å². The Kier molecular flexibility index (Phi) is 10.4. The molecule has 1 aromatic heterocycles. The summed E-state index contributed by atoms with van der Waals surface area (Å²) in [6.45, 7) is 13.6. The van der Waals surface area contributed by atoms with Crippen LogP contribution in [0.3, 0.4) is 0 Å². The number of hydrogen-bond acceptors (Lipinski definition) is 7. The third kappa shape index (κ3) is 8.52. The lowest BCUT2D eigenvalue weighted by molar-refractivity contribution is -0.158. The minimum atomic E-state index is -1.15. The highest BCUT2D eigenvalue weighted by Crippen LogP contribution is 2.32. The van der Waals surface area contributed by atoms with Gasteiger partial charge < -0.3 is 23.5 Å². The van der Waals surface area contributed by atoms with Gasteiger partial charge in [-0.15, -0.1) is 0 Å². The van der Waals surface area contributed by atoms with E-state index in [1.807, 2.05) is 62.5 Å². The number of furan rings is 1. The summed E-state index contributed by atoms with van der Waals surface area (Å²) in [5.41, 5.74) is 3.07. The van der Waals surface area contributed by atoms with Crippen molar-refractivity contribution in [3.05, 3.63) is 102 Å². The van der Waals surface area contributed by atoms with E-state index in [9.17, 15) is 4.79 Å². The zero-order valence-electron chi connectivity index (χ0n) is 23.9. The van der Waals surface area contributed by atoms with Gasteiger partial charge in [0.25, 0.3) is 0 Å². The molecule has 0 aliphatic rings. The van der Waals surface area contributed by atoms with Crippen molar-refractivity contribution < 1.29 is 23.4 Å². The van der Waals surface area contributed by atoms with Crippen molar-refractivity contribution in [2.75, 3.05) is 32.2 Å². The van der Waals surface area contributed by atoms with Crippen LogP contribution in [0.2, 0.25) is 0 Å². The summed E-state index contributed by atoms with van der Waals surface area (Å²) in [6, 6.07) is 19.8. The van der Waals surface area contributed by atoms with Crippen LogP contribution in [0.4, 0.5) is 5.69 Å². The van der Waals surface area contributed by atoms with Crippen LogP contribution in [0.15, 0.2) is 95.3 Å². The SMILES string of the molecule is C=C(C)/C(=C\N(C)c1ccccc1)CN(Cc1ccc(OC(C)(C)C(=O)OCC)c(OC)c1)Cc1ccco1. The summed E-state index contributed by atoms with van der Waals surface area (Å²) in [5.74, 6) is 1.46. The van der Waals surface area contributed by atoms with Gasteiger partial charge in [-0.1, -0.05) is 36.4 Å². The quantitative estimate of drug-likeness (QED) is 0.171. The topological polar surface area (TPSA) is 64.4 Å². The van der Waals surface area contributed by atoms with Gasteiger partial charge in [-0.05, 0) is 75.2 Å². The van der Waals surface area contributed by atoms with Crippen LogP contribution >= 0.6 is 0 Å². The molecule has 0 saturated carbocycles. The van der Waals surface area contributed by atoms with Crippen molar-refractivity contribution in [2.24, 2.45) is 0 Å². The summed E-state index contributed by atoms with van der Waals surface area (Å²) < 4.78 is 22.5. The molecule has 0 aliphatic heterocycles. The summed E-state index contributed by atoms with van der Waals surface area (Å²) >= 11 is 0. The molecular formula is C32H40N2O5. The predicted octanol–water partition coefficient (Wildman–Crippen LogP) is 6.61. The maximum Gasteiger partial charge on any atom is 0.349 e. The maximum atomic E-state index is 12.3. The lowest BCUT2D eigenvalue weighted by atomic mass is 10.1. The summed E-state index contributed by atoms with van der Waals surface area (Å²) in [5, 5.41) is 0. The first-order chi connectivity index (χ1) is 18.6. The van der Waals surface area contributed by atoms with E-state index in [0.29, 0.717) is 31.1 Å². The Morgan fingerprint density at radius 1 is 1.05 bits per heavy atom. The molecule has 7 heteroatoms. The molecule has 0 aliphatic carbocycles. The van der Waals surface area contributed by atoms with Gasteiger partial charge in [0.15, 0.2) is 17.1 Å². The molecule has 0 atom stereocenters. The van der Waals surface area contributed by atoms with Gasteiger partial charge in [-0.25, -0.2) is 4.79 Å². The van der Waals surface area contributed by atoms with Gasteiger partial charge in [-0.3, -0.25) is 4.90 Å². The number of methoxy groups -OCH3 is 1. The van der Waals surface area contributed by atoms with Gasteiger partial charge in [-0.2, -0.15) is 0 Å². The van der Waals surface area contributed by atoms with Crippen molar-refractivity contribution in [2.45, 2.75) is 46.4 Å². The first kappa shape index (κ1) is 29.6. The van der Waals surface area contributed by atoms with E-state index < -0.39 is 11.6 Å². The van der Waals surface area contributed by atoms with Crippen LogP contribution in [0, 0.1) is 0 Å². The smallest absolute Gasteiger partial charge is 0.349 e. The molecule has 0 saturated heterocycles. The number of hydrogen-bond donors (Lipinski definition) is 0. The van der Waals surface area contributed by atoms with Crippen molar-refractivity contribution in [3.8, 4) is 11.5 Å². The second-order valence-electron chi connectivity index (χ2n) is 9.92. The summed E-state index contributed by atoms with van der Waals surface area (Å²) in [4.78, 5) is 16.7. The number of esters is 1. The molecule has 1 heterocycles. The van der Waals surface area contributed by atoms with E-state index in [0.717, 1.165) is 28.2 Å². The van der Waals surface area contributed by atoms with Gasteiger partial charge in [0.2, 0.25) is 0 Å². The van der Waals surface area contributed by atoms with E-state index in [1.165, 1.54) is 0 Å². The van der Waals surface area contributed by atoms with Gasteiger partial charge >= 0.3 is 5.97 Å². The average molecular weight is 533 g/mol. The number of para-hydroxylation sites is 1. The Labute approximate surface area is 232 Å². The molecule has 0 spiro atoms. The summed E-state index contributed by atoms with van der Waals surface area (Å²) in [7, 11) is 3.63. The first-order valence-electron chi connectivity index (χ1n) is 13.0. The zero-order chi connectivity index (χ0) is 28.4. The number of ether oxygens (including phenoxy) is 3. The van der Waals surface area contributed by atoms with Gasteiger partial charge in [0, 0.05) is 32.0 Å². The lowest BCUT2D eigenvalue weighted by Crippen LogP contribution is -2.39. The lowest BCUT2D eigenvalue weighted by Gasteiger charge is -2.27. The highest BCUT2D eigenvalue weighted by Gasteiger charge is 2.32. The summed E-state index contributed by atoms with van der Waals surface area (Å²) in [6.07, 6.45) is 3.81. The monoisotopic (exact) mass is 532 g/mol. The first-order valence-corrected chi connectivity index (χ1v) is 13.0.